The van der Waals surface area contributed by atoms with Gasteiger partial charge in [0, 0.05) is 5.69 Å². The molecular weight excluding hydrogens is 224 g/mol. The Kier molecular flexibility index (Phi) is 4.33. The first kappa shape index (κ1) is 12.8. The van der Waals surface area contributed by atoms with Crippen LogP contribution < -0.4 is 11.1 Å². The summed E-state index contributed by atoms with van der Waals surface area (Å²) in [5.41, 5.74) is 6.67. The van der Waals surface area contributed by atoms with Crippen molar-refractivity contribution >= 4 is 17.7 Å². The zero-order valence-corrected chi connectivity index (χ0v) is 9.60. The zero-order valence-electron chi connectivity index (χ0n) is 9.60. The third kappa shape index (κ3) is 3.37. The number of methoxy groups -OCH3 is 2. The minimum atomic E-state index is -0.909. The van der Waals surface area contributed by atoms with Crippen molar-refractivity contribution in [2.45, 2.75) is 6.04 Å². The molecule has 0 radical (unpaired) electrons. The molecule has 17 heavy (non-hydrogen) atoms. The quantitative estimate of drug-likeness (QED) is 0.601. The Labute approximate surface area is 98.7 Å². The number of ether oxygens (including phenoxy) is 2. The number of benzene rings is 1. The SMILES string of the molecule is COC(=O)N[C@@H](C(=O)OC)c1ccc(N)cc1. The third-order valence-corrected chi connectivity index (χ3v) is 2.15. The van der Waals surface area contributed by atoms with E-state index in [1.54, 1.807) is 24.3 Å². The summed E-state index contributed by atoms with van der Waals surface area (Å²) in [4.78, 5) is 22.6. The normalized spacial score (nSPS) is 11.4. The molecule has 1 amide bonds. The number of carbonyl (C=O) groups is 2. The maximum Gasteiger partial charge on any atom is 0.407 e. The fourth-order valence-corrected chi connectivity index (χ4v) is 1.26. The molecule has 0 saturated carbocycles. The molecule has 0 aliphatic heterocycles. The van der Waals surface area contributed by atoms with Crippen LogP contribution in [-0.2, 0) is 14.3 Å². The number of esters is 1. The van der Waals surface area contributed by atoms with Crippen LogP contribution in [0.3, 0.4) is 0 Å². The van der Waals surface area contributed by atoms with E-state index in [2.05, 4.69) is 14.8 Å². The lowest BCUT2D eigenvalue weighted by Gasteiger charge is -2.16. The van der Waals surface area contributed by atoms with Gasteiger partial charge in [0.15, 0.2) is 6.04 Å². The average molecular weight is 238 g/mol. The van der Waals surface area contributed by atoms with E-state index in [0.717, 1.165) is 0 Å². The van der Waals surface area contributed by atoms with Gasteiger partial charge in [-0.15, -0.1) is 0 Å². The summed E-state index contributed by atoms with van der Waals surface area (Å²) in [6.07, 6.45) is -0.711. The van der Waals surface area contributed by atoms with E-state index in [9.17, 15) is 9.59 Å². The van der Waals surface area contributed by atoms with Crippen molar-refractivity contribution in [3.8, 4) is 0 Å². The van der Waals surface area contributed by atoms with E-state index in [-0.39, 0.29) is 0 Å². The molecule has 1 aromatic carbocycles. The van der Waals surface area contributed by atoms with Gasteiger partial charge in [-0.3, -0.25) is 0 Å². The van der Waals surface area contributed by atoms with E-state index < -0.39 is 18.1 Å². The van der Waals surface area contributed by atoms with Crippen LogP contribution in [0.4, 0.5) is 10.5 Å². The Morgan fingerprint density at radius 2 is 1.76 bits per heavy atom. The van der Waals surface area contributed by atoms with E-state index in [4.69, 9.17) is 5.73 Å². The number of nitrogen functional groups attached to an aromatic ring is 1. The van der Waals surface area contributed by atoms with Gasteiger partial charge in [-0.2, -0.15) is 0 Å². The highest BCUT2D eigenvalue weighted by Gasteiger charge is 2.23. The lowest BCUT2D eigenvalue weighted by Crippen LogP contribution is -2.34. The number of nitrogens with one attached hydrogen (secondary N) is 1. The van der Waals surface area contributed by atoms with Crippen molar-refractivity contribution < 1.29 is 19.1 Å². The molecule has 1 rings (SSSR count). The highest BCUT2D eigenvalue weighted by molar-refractivity contribution is 5.82. The molecule has 0 heterocycles. The largest absolute Gasteiger partial charge is 0.467 e. The van der Waals surface area contributed by atoms with Crippen LogP contribution in [0.2, 0.25) is 0 Å². The molecule has 0 saturated heterocycles. The Balaban J connectivity index is 2.93. The fraction of sp³-hybridized carbons (Fsp3) is 0.273. The van der Waals surface area contributed by atoms with Crippen molar-refractivity contribution in [2.24, 2.45) is 0 Å². The van der Waals surface area contributed by atoms with Gasteiger partial charge in [-0.05, 0) is 17.7 Å². The summed E-state index contributed by atoms with van der Waals surface area (Å²) in [6.45, 7) is 0. The maximum atomic E-state index is 11.5. The minimum absolute atomic E-state index is 0.565. The summed E-state index contributed by atoms with van der Waals surface area (Å²) in [5, 5.41) is 2.38. The summed E-state index contributed by atoms with van der Waals surface area (Å²) in [6, 6.07) is 5.61. The lowest BCUT2D eigenvalue weighted by atomic mass is 10.1. The molecule has 3 N–H and O–H groups in total. The van der Waals surface area contributed by atoms with Gasteiger partial charge in [0.05, 0.1) is 14.2 Å². The standard InChI is InChI=1S/C11H14N2O4/c1-16-10(14)9(13-11(15)17-2)7-3-5-8(12)6-4-7/h3-6,9H,12H2,1-2H3,(H,13,15)/t9-/m1/s1. The Hall–Kier alpha value is -2.24. The van der Waals surface area contributed by atoms with Crippen LogP contribution in [-0.4, -0.2) is 26.3 Å². The molecule has 0 spiro atoms. The molecule has 1 atom stereocenters. The molecule has 0 aromatic heterocycles. The van der Waals surface area contributed by atoms with Gasteiger partial charge < -0.3 is 20.5 Å². The second-order valence-electron chi connectivity index (χ2n) is 3.26. The summed E-state index contributed by atoms with van der Waals surface area (Å²) < 4.78 is 9.04. The van der Waals surface area contributed by atoms with Crippen molar-refractivity contribution in [3.05, 3.63) is 29.8 Å². The molecule has 0 aliphatic rings. The van der Waals surface area contributed by atoms with E-state index in [1.165, 1.54) is 14.2 Å². The molecular formula is C11H14N2O4. The van der Waals surface area contributed by atoms with Gasteiger partial charge in [0.1, 0.15) is 0 Å². The molecule has 6 heteroatoms. The summed E-state index contributed by atoms with van der Waals surface area (Å²) in [7, 11) is 2.46. The van der Waals surface area contributed by atoms with E-state index in [0.29, 0.717) is 11.3 Å². The molecule has 6 nitrogen and oxygen atoms in total. The second-order valence-corrected chi connectivity index (χ2v) is 3.26. The third-order valence-electron chi connectivity index (χ3n) is 2.15. The fourth-order valence-electron chi connectivity index (χ4n) is 1.26. The molecule has 0 aliphatic carbocycles. The van der Waals surface area contributed by atoms with Crippen LogP contribution in [0.5, 0.6) is 0 Å². The first-order chi connectivity index (χ1) is 8.08. The zero-order chi connectivity index (χ0) is 12.8. The number of carbonyl (C=O) groups excluding carboxylic acids is 2. The smallest absolute Gasteiger partial charge is 0.407 e. The molecule has 92 valence electrons. The maximum absolute atomic E-state index is 11.5. The number of amides is 1. The van der Waals surface area contributed by atoms with E-state index >= 15 is 0 Å². The topological polar surface area (TPSA) is 90.6 Å². The number of alkyl carbamates (subject to hydrolysis) is 1. The highest BCUT2D eigenvalue weighted by atomic mass is 16.5. The van der Waals surface area contributed by atoms with Crippen molar-refractivity contribution in [1.29, 1.82) is 0 Å². The summed E-state index contributed by atoms with van der Waals surface area (Å²) >= 11 is 0. The van der Waals surface area contributed by atoms with Gasteiger partial charge in [-0.25, -0.2) is 9.59 Å². The van der Waals surface area contributed by atoms with Crippen LogP contribution in [0.25, 0.3) is 0 Å². The molecule has 0 unspecified atom stereocenters. The number of nitrogens with two attached hydrogens (primary N) is 1. The summed E-state index contributed by atoms with van der Waals surface area (Å²) in [5.74, 6) is -0.583. The molecule has 1 aromatic rings. The average Bonchev–Trinajstić information content (AvgIpc) is 2.36. The lowest BCUT2D eigenvalue weighted by molar-refractivity contribution is -0.143. The van der Waals surface area contributed by atoms with E-state index in [1.807, 2.05) is 0 Å². The Morgan fingerprint density at radius 1 is 1.18 bits per heavy atom. The monoisotopic (exact) mass is 238 g/mol. The number of rotatable bonds is 3. The van der Waals surface area contributed by atoms with Gasteiger partial charge >= 0.3 is 12.1 Å². The van der Waals surface area contributed by atoms with Crippen molar-refractivity contribution in [3.63, 3.8) is 0 Å². The second kappa shape index (κ2) is 5.74. The van der Waals surface area contributed by atoms with Gasteiger partial charge in [0.2, 0.25) is 0 Å². The molecule has 0 fully saturated rings. The highest BCUT2D eigenvalue weighted by Crippen LogP contribution is 2.16. The Morgan fingerprint density at radius 3 is 2.24 bits per heavy atom. The van der Waals surface area contributed by atoms with Crippen LogP contribution in [0.1, 0.15) is 11.6 Å². The van der Waals surface area contributed by atoms with Crippen molar-refractivity contribution in [2.75, 3.05) is 20.0 Å². The Bertz CT molecular complexity index is 402. The molecule has 0 bridgehead atoms. The number of hydrogen-bond acceptors (Lipinski definition) is 5. The van der Waals surface area contributed by atoms with Crippen molar-refractivity contribution in [1.82, 2.24) is 5.32 Å². The van der Waals surface area contributed by atoms with Crippen LogP contribution >= 0.6 is 0 Å². The first-order valence-corrected chi connectivity index (χ1v) is 4.86. The number of hydrogen-bond donors (Lipinski definition) is 2. The minimum Gasteiger partial charge on any atom is -0.467 e. The number of anilines is 1. The predicted molar refractivity (Wildman–Crippen MR) is 61.2 cm³/mol. The van der Waals surface area contributed by atoms with Gasteiger partial charge in [-0.1, -0.05) is 12.1 Å². The van der Waals surface area contributed by atoms with Gasteiger partial charge in [0.25, 0.3) is 0 Å². The van der Waals surface area contributed by atoms with Crippen LogP contribution in [0.15, 0.2) is 24.3 Å². The first-order valence-electron chi connectivity index (χ1n) is 4.86. The predicted octanol–water partition coefficient (Wildman–Crippen LogP) is 0.839. The van der Waals surface area contributed by atoms with Crippen LogP contribution in [0, 0.1) is 0 Å².